The van der Waals surface area contributed by atoms with Crippen molar-refractivity contribution >= 4 is 79.6 Å². The van der Waals surface area contributed by atoms with Crippen LogP contribution >= 0.6 is 0 Å². The number of carbonyl (C=O) groups excluding carboxylic acids is 8. The SMILES string of the molecule is CCCCCCCCCCC(CCCCCCCC)CN1C(=O)c2cc(C#Cc3ccc4c5c(cccc35)C(=O)N(CCCCCCCC)C4=O)c3c4c(cc(C#Cc5ccc6c7c(cccc57)C(=O)N(CCCCCCCC)C6=O)c(c24)C1=O)C(=O)N(CC(CCCCCCCC)CCCCCCCCCC)C3=O. The van der Waals surface area contributed by atoms with Crippen LogP contribution in [0.3, 0.4) is 0 Å². The van der Waals surface area contributed by atoms with Gasteiger partial charge in [0.1, 0.15) is 0 Å². The van der Waals surface area contributed by atoms with Crippen molar-refractivity contribution < 1.29 is 38.4 Å². The molecule has 0 N–H and O–H groups in total. The van der Waals surface area contributed by atoms with Crippen LogP contribution in [0.2, 0.25) is 0 Å². The molecule has 12 nitrogen and oxygen atoms in total. The Morgan fingerprint density at radius 2 is 0.500 bits per heavy atom. The third kappa shape index (κ3) is 20.9. The Morgan fingerprint density at radius 3 is 0.800 bits per heavy atom. The lowest BCUT2D eigenvalue weighted by Crippen LogP contribution is -2.46. The molecule has 12 heteroatoms. The second-order valence-corrected chi connectivity index (χ2v) is 32.6. The summed E-state index contributed by atoms with van der Waals surface area (Å²) < 4.78 is 0. The summed E-state index contributed by atoms with van der Waals surface area (Å²) in [4.78, 5) is 128. The molecule has 2 atom stereocenters. The summed E-state index contributed by atoms with van der Waals surface area (Å²) in [5.41, 5.74) is 3.79. The van der Waals surface area contributed by atoms with Crippen molar-refractivity contribution in [3.05, 3.63) is 140 Å². The molecule has 0 saturated heterocycles. The number of unbranched alkanes of at least 4 members (excludes halogenated alkanes) is 34. The molecule has 0 spiro atoms. The zero-order chi connectivity index (χ0) is 77.7. The smallest absolute Gasteiger partial charge is 0.262 e. The molecule has 0 bridgehead atoms. The minimum Gasteiger partial charge on any atom is -0.274 e. The first-order chi connectivity index (χ1) is 53.8. The van der Waals surface area contributed by atoms with Gasteiger partial charge in [0.05, 0.1) is 11.1 Å². The lowest BCUT2D eigenvalue weighted by atomic mass is 9.80. The Hall–Kier alpha value is -8.22. The van der Waals surface area contributed by atoms with Crippen LogP contribution in [0, 0.1) is 35.5 Å². The van der Waals surface area contributed by atoms with Gasteiger partial charge in [0.25, 0.3) is 47.3 Å². The van der Waals surface area contributed by atoms with Crippen LogP contribution in [-0.2, 0) is 0 Å². The van der Waals surface area contributed by atoms with Crippen LogP contribution < -0.4 is 0 Å². The number of hydrogen-bond acceptors (Lipinski definition) is 8. The number of hydrogen-bond donors (Lipinski definition) is 0. The fraction of sp³-hybridized carbons (Fsp3) is 0.571. The lowest BCUT2D eigenvalue weighted by Gasteiger charge is -2.35. The first-order valence-corrected chi connectivity index (χ1v) is 44.1. The maximum atomic E-state index is 16.3. The number of imide groups is 4. The summed E-state index contributed by atoms with van der Waals surface area (Å²) in [5, 5.41) is 2.68. The summed E-state index contributed by atoms with van der Waals surface area (Å²) in [6, 6.07) is 21.4. The van der Waals surface area contributed by atoms with Crippen LogP contribution in [0.25, 0.3) is 32.3 Å². The zero-order valence-electron chi connectivity index (χ0n) is 68.1. The van der Waals surface area contributed by atoms with Crippen LogP contribution in [0.15, 0.2) is 72.8 Å². The van der Waals surface area contributed by atoms with Gasteiger partial charge in [-0.3, -0.25) is 58.0 Å². The Balaban J connectivity index is 1.12. The molecule has 0 fully saturated rings. The lowest BCUT2D eigenvalue weighted by molar-refractivity contribution is 0.0556. The van der Waals surface area contributed by atoms with E-state index in [4.69, 9.17) is 0 Å². The maximum absolute atomic E-state index is 16.3. The van der Waals surface area contributed by atoms with Crippen molar-refractivity contribution in [3.63, 3.8) is 0 Å². The molecular formula is C98H128N4O8. The molecule has 4 aliphatic rings. The van der Waals surface area contributed by atoms with E-state index >= 15 is 19.2 Å². The van der Waals surface area contributed by atoms with E-state index in [1.807, 2.05) is 24.3 Å². The van der Waals surface area contributed by atoms with E-state index in [2.05, 4.69) is 65.2 Å². The minimum atomic E-state index is -0.532. The Bertz CT molecular complexity index is 4030. The van der Waals surface area contributed by atoms with Gasteiger partial charge in [-0.15, -0.1) is 0 Å². The van der Waals surface area contributed by atoms with Crippen molar-refractivity contribution in [2.45, 2.75) is 324 Å². The van der Waals surface area contributed by atoms with Crippen LogP contribution in [0.5, 0.6) is 0 Å². The molecule has 6 aromatic carbocycles. The van der Waals surface area contributed by atoms with Crippen molar-refractivity contribution in [2.24, 2.45) is 11.8 Å². The van der Waals surface area contributed by atoms with Crippen molar-refractivity contribution in [1.82, 2.24) is 19.6 Å². The average Bonchev–Trinajstić information content (AvgIpc) is 0.699. The van der Waals surface area contributed by atoms with E-state index in [-0.39, 0.29) is 92.7 Å². The summed E-state index contributed by atoms with van der Waals surface area (Å²) in [7, 11) is 0. The van der Waals surface area contributed by atoms with E-state index in [1.165, 1.54) is 109 Å². The molecule has 8 amide bonds. The van der Waals surface area contributed by atoms with Gasteiger partial charge in [-0.05, 0) is 110 Å². The third-order valence-electron chi connectivity index (χ3n) is 24.1. The van der Waals surface area contributed by atoms with Gasteiger partial charge >= 0.3 is 0 Å². The summed E-state index contributed by atoms with van der Waals surface area (Å²) >= 11 is 0. The van der Waals surface area contributed by atoms with E-state index in [9.17, 15) is 19.2 Å². The first kappa shape index (κ1) is 84.2. The molecule has 10 rings (SSSR count). The maximum Gasteiger partial charge on any atom is 0.262 e. The van der Waals surface area contributed by atoms with Gasteiger partial charge < -0.3 is 0 Å². The highest BCUT2D eigenvalue weighted by Crippen LogP contribution is 2.44. The zero-order valence-corrected chi connectivity index (χ0v) is 68.1. The number of carbonyl (C=O) groups is 8. The second-order valence-electron chi connectivity index (χ2n) is 32.6. The highest BCUT2D eigenvalue weighted by atomic mass is 16.2. The standard InChI is InChI=1S/C98H128N4O8/c1-7-13-19-25-31-33-37-43-51-71(49-41-35-27-21-15-9-3)69-101-95(107)83-67-76(60-58-74-62-64-82-88-78(74)54-48-56-80(88)92(104)100(94(82)106)66-46-40-30-24-18-12-6)86-90-84(96(108)102(98(86)110)70-72(50-42-36-28-22-16-10-4)52-44-38-34-32-26-20-14-8-2)68-75(85(89(83)90)97(101)109)59-57-73-61-63-81-87-77(73)53-47-55-79(87)91(103)99(93(81)105)65-45-39-29-23-17-11-5/h47-48,53-56,61-64,67-68,71-72H,7-46,49-52,65-66,69-70H2,1-6H3. The van der Waals surface area contributed by atoms with Gasteiger partial charge in [-0.2, -0.15) is 0 Å². The van der Waals surface area contributed by atoms with E-state index in [0.29, 0.717) is 68.0 Å². The van der Waals surface area contributed by atoms with Crippen LogP contribution in [-0.4, -0.2) is 93.0 Å². The number of benzene rings is 6. The fourth-order valence-corrected chi connectivity index (χ4v) is 17.7. The topological polar surface area (TPSA) is 150 Å². The molecule has 4 aliphatic heterocycles. The molecule has 6 aromatic rings. The van der Waals surface area contributed by atoms with Gasteiger partial charge in [-0.25, -0.2) is 0 Å². The Kier molecular flexibility index (Phi) is 33.4. The second kappa shape index (κ2) is 43.6. The predicted molar refractivity (Wildman–Crippen MR) is 449 cm³/mol. The van der Waals surface area contributed by atoms with E-state index < -0.39 is 23.6 Å². The summed E-state index contributed by atoms with van der Waals surface area (Å²) in [5.74, 6) is 10.3. The average molecular weight is 1490 g/mol. The molecule has 0 radical (unpaired) electrons. The first-order valence-electron chi connectivity index (χ1n) is 44.1. The molecular weight excluding hydrogens is 1360 g/mol. The van der Waals surface area contributed by atoms with Gasteiger partial charge in [0.15, 0.2) is 0 Å². The van der Waals surface area contributed by atoms with Crippen molar-refractivity contribution in [3.8, 4) is 23.7 Å². The number of rotatable bonds is 50. The van der Waals surface area contributed by atoms with Crippen molar-refractivity contribution in [2.75, 3.05) is 26.2 Å². The monoisotopic (exact) mass is 1490 g/mol. The molecule has 0 saturated carbocycles. The minimum absolute atomic E-state index is 0.00313. The molecule has 588 valence electrons. The van der Waals surface area contributed by atoms with Crippen LogP contribution in [0.4, 0.5) is 0 Å². The summed E-state index contributed by atoms with van der Waals surface area (Å²) in [6.07, 6.45) is 47.4. The fourth-order valence-electron chi connectivity index (χ4n) is 17.7. The van der Waals surface area contributed by atoms with E-state index in [0.717, 1.165) is 193 Å². The predicted octanol–water partition coefficient (Wildman–Crippen LogP) is 24.8. The molecule has 110 heavy (non-hydrogen) atoms. The van der Waals surface area contributed by atoms with Gasteiger partial charge in [-0.1, -0.05) is 333 Å². The van der Waals surface area contributed by atoms with Gasteiger partial charge in [0, 0.05) is 103 Å². The largest absolute Gasteiger partial charge is 0.274 e. The highest BCUT2D eigenvalue weighted by Gasteiger charge is 2.44. The number of nitrogens with zero attached hydrogens (tertiary/aromatic N) is 4. The highest BCUT2D eigenvalue weighted by molar-refractivity contribution is 6.35. The quantitative estimate of drug-likeness (QED) is 0.0208. The van der Waals surface area contributed by atoms with Crippen molar-refractivity contribution in [1.29, 1.82) is 0 Å². The summed E-state index contributed by atoms with van der Waals surface area (Å²) in [6.45, 7) is 14.3. The molecule has 4 heterocycles. The third-order valence-corrected chi connectivity index (χ3v) is 24.1. The van der Waals surface area contributed by atoms with Gasteiger partial charge in [0.2, 0.25) is 0 Å². The Morgan fingerprint density at radius 1 is 0.245 bits per heavy atom. The molecule has 2 unspecified atom stereocenters. The van der Waals surface area contributed by atoms with Crippen LogP contribution in [0.1, 0.15) is 429 Å². The van der Waals surface area contributed by atoms with E-state index in [1.54, 1.807) is 48.5 Å². The molecule has 0 aromatic heterocycles. The number of amides is 8. The molecule has 0 aliphatic carbocycles. The normalized spacial score (nSPS) is 14.4. The Labute approximate surface area is 659 Å².